The first-order chi connectivity index (χ1) is 16.8. The van der Waals surface area contributed by atoms with E-state index >= 15 is 0 Å². The maximum Gasteiger partial charge on any atom is 0.416 e. The normalized spacial score (nSPS) is 11.6. The fourth-order valence-electron chi connectivity index (χ4n) is 3.47. The summed E-state index contributed by atoms with van der Waals surface area (Å²) in [5.74, 6) is 0.348. The zero-order chi connectivity index (χ0) is 26.7. The molecule has 0 spiro atoms. The highest BCUT2D eigenvalue weighted by molar-refractivity contribution is 6.12. The number of carbonyl (C=O) groups excluding carboxylic acids is 3. The average Bonchev–Trinajstić information content (AvgIpc) is 2.83. The van der Waals surface area contributed by atoms with Crippen LogP contribution in [0.2, 0.25) is 0 Å². The number of aldehydes is 1. The molecule has 2 amide bonds. The molecule has 188 valence electrons. The average molecular weight is 505 g/mol. The summed E-state index contributed by atoms with van der Waals surface area (Å²) < 4.78 is 66.9. The van der Waals surface area contributed by atoms with Crippen molar-refractivity contribution in [3.63, 3.8) is 0 Å². The van der Waals surface area contributed by atoms with Gasteiger partial charge < -0.3 is 10.1 Å². The molecule has 0 radical (unpaired) electrons. The highest BCUT2D eigenvalue weighted by atomic mass is 19.4. The summed E-state index contributed by atoms with van der Waals surface area (Å²) in [4.78, 5) is 36.2. The van der Waals surface area contributed by atoms with Gasteiger partial charge in [0.1, 0.15) is 6.29 Å². The lowest BCUT2D eigenvalue weighted by atomic mass is 9.94. The van der Waals surface area contributed by atoms with E-state index in [9.17, 15) is 36.3 Å². The standard InChI is InChI=1S/C25H20F5N3O3/c1-24(26,27)17-7-8-18(19(13-17)15-3-5-16(6-4-15)25(28,29)30)22(35)32-21-9-2-14(10-11-34)12-20(21)23(36)33-31/h2-9,11-13H,10,31H2,1H3,(H,32,35)(H,33,36). The number of hydrazine groups is 1. The molecular weight excluding hydrogens is 485 g/mol. The molecule has 4 N–H and O–H groups in total. The van der Waals surface area contributed by atoms with Crippen molar-refractivity contribution in [3.05, 3.63) is 88.5 Å². The molecule has 36 heavy (non-hydrogen) atoms. The molecule has 0 saturated heterocycles. The van der Waals surface area contributed by atoms with Crippen molar-refractivity contribution in [1.82, 2.24) is 5.43 Å². The van der Waals surface area contributed by atoms with Crippen LogP contribution in [0, 0.1) is 0 Å². The maximum atomic E-state index is 14.0. The van der Waals surface area contributed by atoms with E-state index in [1.165, 1.54) is 18.2 Å². The maximum absolute atomic E-state index is 14.0. The van der Waals surface area contributed by atoms with Gasteiger partial charge in [-0.3, -0.25) is 15.0 Å². The molecule has 0 heterocycles. The van der Waals surface area contributed by atoms with Crippen LogP contribution < -0.4 is 16.6 Å². The van der Waals surface area contributed by atoms with Crippen LogP contribution in [0.4, 0.5) is 27.6 Å². The molecule has 6 nitrogen and oxygen atoms in total. The number of nitrogens with one attached hydrogen (secondary N) is 2. The molecular formula is C25H20F5N3O3. The van der Waals surface area contributed by atoms with Gasteiger partial charge in [-0.25, -0.2) is 14.6 Å². The molecule has 0 aliphatic heterocycles. The van der Waals surface area contributed by atoms with Crippen molar-refractivity contribution < 1.29 is 36.3 Å². The SMILES string of the molecule is CC(F)(F)c1ccc(C(=O)Nc2ccc(CC=O)cc2C(=O)NN)c(-c2ccc(C(F)(F)F)cc2)c1. The number of rotatable bonds is 7. The highest BCUT2D eigenvalue weighted by Gasteiger charge is 2.31. The third kappa shape index (κ3) is 5.92. The Kier molecular flexibility index (Phi) is 7.54. The Bertz CT molecular complexity index is 1300. The van der Waals surface area contributed by atoms with Crippen LogP contribution in [0.15, 0.2) is 60.7 Å². The van der Waals surface area contributed by atoms with Gasteiger partial charge in [-0.15, -0.1) is 0 Å². The number of anilines is 1. The van der Waals surface area contributed by atoms with Crippen LogP contribution in [0.25, 0.3) is 11.1 Å². The summed E-state index contributed by atoms with van der Waals surface area (Å²) in [6.45, 7) is 0.650. The molecule has 0 aliphatic rings. The molecule has 0 fully saturated rings. The Morgan fingerprint density at radius 1 is 0.861 bits per heavy atom. The van der Waals surface area contributed by atoms with E-state index in [2.05, 4.69) is 5.32 Å². The first-order valence-corrected chi connectivity index (χ1v) is 10.4. The number of carbonyl (C=O) groups is 3. The first-order valence-electron chi connectivity index (χ1n) is 10.4. The van der Waals surface area contributed by atoms with Gasteiger partial charge in [-0.2, -0.15) is 13.2 Å². The third-order valence-electron chi connectivity index (χ3n) is 5.32. The van der Waals surface area contributed by atoms with Crippen molar-refractivity contribution in [2.75, 3.05) is 5.32 Å². The molecule has 3 rings (SSSR count). The lowest BCUT2D eigenvalue weighted by Crippen LogP contribution is -2.31. The minimum Gasteiger partial charge on any atom is -0.321 e. The molecule has 3 aromatic rings. The number of nitrogen functional groups attached to an aromatic ring is 1. The van der Waals surface area contributed by atoms with E-state index in [0.717, 1.165) is 42.5 Å². The zero-order valence-electron chi connectivity index (χ0n) is 18.7. The van der Waals surface area contributed by atoms with Gasteiger partial charge in [-0.05, 0) is 53.1 Å². The van der Waals surface area contributed by atoms with Gasteiger partial charge in [0, 0.05) is 24.5 Å². The quantitative estimate of drug-likeness (QED) is 0.137. The monoisotopic (exact) mass is 505 g/mol. The summed E-state index contributed by atoms with van der Waals surface area (Å²) in [5, 5.41) is 2.50. The first kappa shape index (κ1) is 26.5. The Labute approximate surface area is 202 Å². The van der Waals surface area contributed by atoms with E-state index < -0.39 is 35.0 Å². The van der Waals surface area contributed by atoms with Crippen LogP contribution in [0.1, 0.15) is 44.3 Å². The van der Waals surface area contributed by atoms with Gasteiger partial charge in [0.15, 0.2) is 0 Å². The predicted octanol–water partition coefficient (Wildman–Crippen LogP) is 5.08. The van der Waals surface area contributed by atoms with Crippen LogP contribution >= 0.6 is 0 Å². The second kappa shape index (κ2) is 10.2. The van der Waals surface area contributed by atoms with E-state index in [0.29, 0.717) is 18.8 Å². The van der Waals surface area contributed by atoms with Gasteiger partial charge in [0.25, 0.3) is 17.7 Å². The summed E-state index contributed by atoms with van der Waals surface area (Å²) >= 11 is 0. The summed E-state index contributed by atoms with van der Waals surface area (Å²) in [6, 6.07) is 11.1. The number of alkyl halides is 5. The fourth-order valence-corrected chi connectivity index (χ4v) is 3.47. The molecule has 11 heteroatoms. The summed E-state index contributed by atoms with van der Waals surface area (Å²) in [6.07, 6.45) is -3.98. The Morgan fingerprint density at radius 2 is 1.50 bits per heavy atom. The molecule has 0 aromatic heterocycles. The molecule has 0 saturated carbocycles. The predicted molar refractivity (Wildman–Crippen MR) is 122 cm³/mol. The van der Waals surface area contributed by atoms with Crippen LogP contribution in [-0.2, 0) is 23.3 Å². The largest absolute Gasteiger partial charge is 0.416 e. The number of hydrogen-bond donors (Lipinski definition) is 3. The smallest absolute Gasteiger partial charge is 0.321 e. The Balaban J connectivity index is 2.08. The van der Waals surface area contributed by atoms with Crippen molar-refractivity contribution >= 4 is 23.8 Å². The summed E-state index contributed by atoms with van der Waals surface area (Å²) in [5.41, 5.74) is 0.901. The topological polar surface area (TPSA) is 101 Å². The minimum atomic E-state index is -4.60. The Hall–Kier alpha value is -4.12. The number of benzene rings is 3. The number of halogens is 5. The minimum absolute atomic E-state index is 0.00381. The lowest BCUT2D eigenvalue weighted by molar-refractivity contribution is -0.137. The van der Waals surface area contributed by atoms with Crippen LogP contribution in [-0.4, -0.2) is 18.1 Å². The van der Waals surface area contributed by atoms with Crippen molar-refractivity contribution in [1.29, 1.82) is 0 Å². The highest BCUT2D eigenvalue weighted by Crippen LogP contribution is 2.35. The zero-order valence-corrected chi connectivity index (χ0v) is 18.7. The van der Waals surface area contributed by atoms with Gasteiger partial charge in [-0.1, -0.05) is 24.3 Å². The molecule has 0 unspecified atom stereocenters. The van der Waals surface area contributed by atoms with Gasteiger partial charge in [0.05, 0.1) is 16.8 Å². The second-order valence-electron chi connectivity index (χ2n) is 7.90. The van der Waals surface area contributed by atoms with Crippen molar-refractivity contribution in [2.24, 2.45) is 5.84 Å². The molecule has 0 atom stereocenters. The number of nitrogens with two attached hydrogens (primary N) is 1. The van der Waals surface area contributed by atoms with Crippen LogP contribution in [0.5, 0.6) is 0 Å². The van der Waals surface area contributed by atoms with E-state index in [1.54, 1.807) is 0 Å². The van der Waals surface area contributed by atoms with Crippen LogP contribution in [0.3, 0.4) is 0 Å². The van der Waals surface area contributed by atoms with Crippen molar-refractivity contribution in [3.8, 4) is 11.1 Å². The van der Waals surface area contributed by atoms with E-state index in [1.807, 2.05) is 5.43 Å². The molecule has 0 bridgehead atoms. The van der Waals surface area contributed by atoms with E-state index in [-0.39, 0.29) is 34.4 Å². The number of hydrogen-bond acceptors (Lipinski definition) is 4. The molecule has 3 aromatic carbocycles. The molecule has 0 aliphatic carbocycles. The van der Waals surface area contributed by atoms with Crippen molar-refractivity contribution in [2.45, 2.75) is 25.4 Å². The fraction of sp³-hybridized carbons (Fsp3) is 0.160. The second-order valence-corrected chi connectivity index (χ2v) is 7.90. The third-order valence-corrected chi connectivity index (χ3v) is 5.32. The summed E-state index contributed by atoms with van der Waals surface area (Å²) in [7, 11) is 0. The Morgan fingerprint density at radius 3 is 2.06 bits per heavy atom. The van der Waals surface area contributed by atoms with Gasteiger partial charge in [0.2, 0.25) is 0 Å². The number of amides is 2. The van der Waals surface area contributed by atoms with E-state index in [4.69, 9.17) is 5.84 Å². The van der Waals surface area contributed by atoms with Gasteiger partial charge >= 0.3 is 6.18 Å². The lowest BCUT2D eigenvalue weighted by Gasteiger charge is -2.17.